The van der Waals surface area contributed by atoms with Crippen LogP contribution in [0.3, 0.4) is 0 Å². The molecular weight excluding hydrogens is 336 g/mol. The number of nitriles is 1. The smallest absolute Gasteiger partial charge is 0.259 e. The van der Waals surface area contributed by atoms with Crippen molar-refractivity contribution >= 4 is 27.9 Å². The van der Waals surface area contributed by atoms with E-state index in [9.17, 15) is 4.79 Å². The molecular formula is C15H17BrN2O3. The molecule has 0 aliphatic rings. The lowest BCUT2D eigenvalue weighted by Gasteiger charge is -2.16. The van der Waals surface area contributed by atoms with E-state index in [0.717, 1.165) is 0 Å². The first kappa shape index (κ1) is 17.1. The Bertz CT molecular complexity index is 604. The van der Waals surface area contributed by atoms with Gasteiger partial charge in [-0.25, -0.2) is 0 Å². The molecule has 21 heavy (non-hydrogen) atoms. The number of amides is 1. The summed E-state index contributed by atoms with van der Waals surface area (Å²) in [5, 5.41) is 8.89. The fraction of sp³-hybridized carbons (Fsp3) is 0.333. The fourth-order valence-corrected chi connectivity index (χ4v) is 2.16. The standard InChI is InChI=1S/C15H17BrN2O3/c1-4-20-13-7-10(5-11(8-17)15(18)19)6-12(16)14(13)21-9(2)3/h5-7,9H,4H2,1-3H3,(H2,18,19)/b11-5+. The van der Waals surface area contributed by atoms with Crippen LogP contribution < -0.4 is 15.2 Å². The van der Waals surface area contributed by atoms with Gasteiger partial charge < -0.3 is 15.2 Å². The van der Waals surface area contributed by atoms with Crippen molar-refractivity contribution in [1.82, 2.24) is 0 Å². The number of halogens is 1. The third-order valence-corrected chi connectivity index (χ3v) is 2.97. The zero-order valence-corrected chi connectivity index (χ0v) is 13.7. The molecule has 0 heterocycles. The number of nitrogens with two attached hydrogens (primary N) is 1. The van der Waals surface area contributed by atoms with E-state index < -0.39 is 5.91 Å². The second-order valence-electron chi connectivity index (χ2n) is 4.46. The van der Waals surface area contributed by atoms with Gasteiger partial charge in [0.15, 0.2) is 11.5 Å². The third-order valence-electron chi connectivity index (χ3n) is 2.38. The van der Waals surface area contributed by atoms with Crippen LogP contribution in [-0.2, 0) is 4.79 Å². The van der Waals surface area contributed by atoms with Gasteiger partial charge in [0.05, 0.1) is 17.2 Å². The molecule has 112 valence electrons. The summed E-state index contributed by atoms with van der Waals surface area (Å²) in [6.45, 7) is 6.16. The molecule has 1 aromatic carbocycles. The van der Waals surface area contributed by atoms with Crippen LogP contribution in [0.15, 0.2) is 22.2 Å². The summed E-state index contributed by atoms with van der Waals surface area (Å²) in [7, 11) is 0. The number of rotatable bonds is 6. The first-order valence-corrected chi connectivity index (χ1v) is 7.22. The summed E-state index contributed by atoms with van der Waals surface area (Å²) in [6.07, 6.45) is 1.40. The van der Waals surface area contributed by atoms with Crippen LogP contribution in [0, 0.1) is 11.3 Å². The quantitative estimate of drug-likeness (QED) is 0.629. The molecule has 5 nitrogen and oxygen atoms in total. The second-order valence-corrected chi connectivity index (χ2v) is 5.32. The van der Waals surface area contributed by atoms with Crippen molar-refractivity contribution in [2.24, 2.45) is 5.73 Å². The van der Waals surface area contributed by atoms with Crippen LogP contribution >= 0.6 is 15.9 Å². The van der Waals surface area contributed by atoms with Crippen LogP contribution in [0.4, 0.5) is 0 Å². The molecule has 0 spiro atoms. The Labute approximate surface area is 132 Å². The minimum Gasteiger partial charge on any atom is -0.490 e. The van der Waals surface area contributed by atoms with Gasteiger partial charge in [-0.2, -0.15) is 5.26 Å². The van der Waals surface area contributed by atoms with Crippen LogP contribution in [0.25, 0.3) is 6.08 Å². The lowest BCUT2D eigenvalue weighted by Crippen LogP contribution is -2.12. The zero-order chi connectivity index (χ0) is 16.0. The largest absolute Gasteiger partial charge is 0.490 e. The van der Waals surface area contributed by atoms with E-state index in [1.54, 1.807) is 18.2 Å². The van der Waals surface area contributed by atoms with E-state index in [-0.39, 0.29) is 11.7 Å². The number of primary amides is 1. The number of nitrogens with zero attached hydrogens (tertiary/aromatic N) is 1. The van der Waals surface area contributed by atoms with Gasteiger partial charge in [0.25, 0.3) is 5.91 Å². The second kappa shape index (κ2) is 7.70. The average molecular weight is 353 g/mol. The number of hydrogen-bond donors (Lipinski definition) is 1. The van der Waals surface area contributed by atoms with E-state index in [1.807, 2.05) is 20.8 Å². The number of carbonyl (C=O) groups excluding carboxylic acids is 1. The van der Waals surface area contributed by atoms with Crippen molar-refractivity contribution in [1.29, 1.82) is 5.26 Å². The molecule has 0 fully saturated rings. The highest BCUT2D eigenvalue weighted by molar-refractivity contribution is 9.10. The number of benzene rings is 1. The summed E-state index contributed by atoms with van der Waals surface area (Å²) in [6, 6.07) is 5.20. The Hall–Kier alpha value is -2.00. The normalized spacial score (nSPS) is 11.1. The molecule has 0 atom stereocenters. The highest BCUT2D eigenvalue weighted by atomic mass is 79.9. The minimum absolute atomic E-state index is 0.0119. The highest BCUT2D eigenvalue weighted by Crippen LogP contribution is 2.38. The topological polar surface area (TPSA) is 85.3 Å². The Kier molecular flexibility index (Phi) is 6.25. The van der Waals surface area contributed by atoms with E-state index in [4.69, 9.17) is 20.5 Å². The van der Waals surface area contributed by atoms with Crippen LogP contribution in [0.2, 0.25) is 0 Å². The molecule has 0 saturated heterocycles. The number of hydrogen-bond acceptors (Lipinski definition) is 4. The van der Waals surface area contributed by atoms with Crippen LogP contribution in [-0.4, -0.2) is 18.6 Å². The van der Waals surface area contributed by atoms with Crippen molar-refractivity contribution < 1.29 is 14.3 Å². The molecule has 0 unspecified atom stereocenters. The highest BCUT2D eigenvalue weighted by Gasteiger charge is 2.14. The van der Waals surface area contributed by atoms with Crippen LogP contribution in [0.5, 0.6) is 11.5 Å². The summed E-state index contributed by atoms with van der Waals surface area (Å²) < 4.78 is 11.9. The summed E-state index contributed by atoms with van der Waals surface area (Å²) in [4.78, 5) is 11.1. The lowest BCUT2D eigenvalue weighted by molar-refractivity contribution is -0.114. The van der Waals surface area contributed by atoms with Gasteiger partial charge in [0.2, 0.25) is 0 Å². The Morgan fingerprint density at radius 2 is 2.19 bits per heavy atom. The summed E-state index contributed by atoms with van der Waals surface area (Å²) in [5.41, 5.74) is 5.63. The average Bonchev–Trinajstić information content (AvgIpc) is 2.39. The Morgan fingerprint density at radius 3 is 2.67 bits per heavy atom. The van der Waals surface area contributed by atoms with Crippen molar-refractivity contribution in [2.75, 3.05) is 6.61 Å². The Balaban J connectivity index is 3.33. The monoisotopic (exact) mass is 352 g/mol. The molecule has 6 heteroatoms. The predicted octanol–water partition coefficient (Wildman–Crippen LogP) is 3.03. The maximum Gasteiger partial charge on any atom is 0.259 e. The SMILES string of the molecule is CCOc1cc(/C=C(\C#N)C(N)=O)cc(Br)c1OC(C)C. The predicted molar refractivity (Wildman–Crippen MR) is 83.9 cm³/mol. The molecule has 0 saturated carbocycles. The van der Waals surface area contributed by atoms with Gasteiger partial charge in [-0.3, -0.25) is 4.79 Å². The minimum atomic E-state index is -0.769. The fourth-order valence-electron chi connectivity index (χ4n) is 1.61. The molecule has 1 aromatic rings. The maximum absolute atomic E-state index is 11.1. The molecule has 2 N–H and O–H groups in total. The molecule has 0 aromatic heterocycles. The van der Waals surface area contributed by atoms with Crippen molar-refractivity contribution in [3.8, 4) is 17.6 Å². The molecule has 0 aliphatic heterocycles. The van der Waals surface area contributed by atoms with Gasteiger partial charge in [0.1, 0.15) is 11.6 Å². The molecule has 0 bridgehead atoms. The third kappa shape index (κ3) is 4.80. The van der Waals surface area contributed by atoms with Crippen molar-refractivity contribution in [3.05, 3.63) is 27.7 Å². The van der Waals surface area contributed by atoms with Gasteiger partial charge in [-0.05, 0) is 60.5 Å². The van der Waals surface area contributed by atoms with Crippen LogP contribution in [0.1, 0.15) is 26.3 Å². The molecule has 0 radical (unpaired) electrons. The number of carbonyl (C=O) groups is 1. The summed E-state index contributed by atoms with van der Waals surface area (Å²) in [5.74, 6) is 0.351. The first-order valence-electron chi connectivity index (χ1n) is 6.43. The molecule has 1 rings (SSSR count). The van der Waals surface area contributed by atoms with Gasteiger partial charge >= 0.3 is 0 Å². The molecule has 1 amide bonds. The van der Waals surface area contributed by atoms with Crippen molar-refractivity contribution in [3.63, 3.8) is 0 Å². The Morgan fingerprint density at radius 1 is 1.52 bits per heavy atom. The molecule has 0 aliphatic carbocycles. The van der Waals surface area contributed by atoms with E-state index in [2.05, 4.69) is 15.9 Å². The first-order chi connectivity index (χ1) is 9.88. The van der Waals surface area contributed by atoms with E-state index >= 15 is 0 Å². The van der Waals surface area contributed by atoms with Crippen molar-refractivity contribution in [2.45, 2.75) is 26.9 Å². The number of ether oxygens (including phenoxy) is 2. The zero-order valence-electron chi connectivity index (χ0n) is 12.1. The van der Waals surface area contributed by atoms with E-state index in [1.165, 1.54) is 6.08 Å². The maximum atomic E-state index is 11.1. The van der Waals surface area contributed by atoms with Gasteiger partial charge in [-0.15, -0.1) is 0 Å². The van der Waals surface area contributed by atoms with Gasteiger partial charge in [0, 0.05) is 0 Å². The van der Waals surface area contributed by atoms with Gasteiger partial charge in [-0.1, -0.05) is 0 Å². The summed E-state index contributed by atoms with van der Waals surface area (Å²) >= 11 is 3.41. The lowest BCUT2D eigenvalue weighted by atomic mass is 10.1. The van der Waals surface area contributed by atoms with E-state index in [0.29, 0.717) is 28.1 Å².